The monoisotopic (exact) mass is 326 g/mol. The molecule has 1 rings (SSSR count). The van der Waals surface area contributed by atoms with E-state index in [1.54, 1.807) is 4.90 Å². The molecule has 6 heteroatoms. The molecule has 1 fully saturated rings. The molecule has 6 nitrogen and oxygen atoms in total. The standard InChI is InChI=1S/C17H30N2O4/c1-11(2)9-12(16(22)23)18-15(21)13-7-6-8-19(13)14(20)10-17(3,4)5/h11-13H,6-10H2,1-5H3,(H,18,21)(H,22,23)/t12-,13?/m1/s1. The van der Waals surface area contributed by atoms with Crippen LogP contribution in [0.15, 0.2) is 0 Å². The van der Waals surface area contributed by atoms with E-state index in [0.717, 1.165) is 6.42 Å². The second-order valence-corrected chi connectivity index (χ2v) is 8.01. The summed E-state index contributed by atoms with van der Waals surface area (Å²) in [6.45, 7) is 10.3. The number of likely N-dealkylation sites (tertiary alicyclic amines) is 1. The van der Waals surface area contributed by atoms with Crippen LogP contribution in [-0.2, 0) is 14.4 Å². The van der Waals surface area contributed by atoms with E-state index in [0.29, 0.717) is 25.8 Å². The highest BCUT2D eigenvalue weighted by molar-refractivity contribution is 5.91. The zero-order valence-corrected chi connectivity index (χ0v) is 14.9. The van der Waals surface area contributed by atoms with Gasteiger partial charge in [-0.2, -0.15) is 0 Å². The largest absolute Gasteiger partial charge is 0.480 e. The van der Waals surface area contributed by atoms with Crippen LogP contribution in [0.1, 0.15) is 60.3 Å². The molecular formula is C17H30N2O4. The Hall–Kier alpha value is -1.59. The van der Waals surface area contributed by atoms with Gasteiger partial charge >= 0.3 is 5.97 Å². The average Bonchev–Trinajstić information content (AvgIpc) is 2.84. The average molecular weight is 326 g/mol. The van der Waals surface area contributed by atoms with Crippen molar-refractivity contribution in [1.29, 1.82) is 0 Å². The molecule has 23 heavy (non-hydrogen) atoms. The van der Waals surface area contributed by atoms with Gasteiger partial charge in [0, 0.05) is 13.0 Å². The number of carboxylic acid groups (broad SMARTS) is 1. The van der Waals surface area contributed by atoms with E-state index in [1.807, 2.05) is 34.6 Å². The van der Waals surface area contributed by atoms with Gasteiger partial charge in [-0.05, 0) is 30.6 Å². The Kier molecular flexibility index (Phi) is 6.59. The van der Waals surface area contributed by atoms with Crippen molar-refractivity contribution in [2.75, 3.05) is 6.54 Å². The molecule has 0 aromatic carbocycles. The Morgan fingerprint density at radius 1 is 1.26 bits per heavy atom. The fourth-order valence-electron chi connectivity index (χ4n) is 2.85. The van der Waals surface area contributed by atoms with Crippen molar-refractivity contribution in [3.05, 3.63) is 0 Å². The highest BCUT2D eigenvalue weighted by atomic mass is 16.4. The SMILES string of the molecule is CC(C)C[C@@H](NC(=O)C1CCCN1C(=O)CC(C)(C)C)C(=O)O. The summed E-state index contributed by atoms with van der Waals surface area (Å²) in [5, 5.41) is 11.9. The van der Waals surface area contributed by atoms with E-state index in [9.17, 15) is 19.5 Å². The number of amides is 2. The maximum Gasteiger partial charge on any atom is 0.326 e. The minimum Gasteiger partial charge on any atom is -0.480 e. The minimum absolute atomic E-state index is 0.0362. The minimum atomic E-state index is -1.03. The van der Waals surface area contributed by atoms with Crippen LogP contribution >= 0.6 is 0 Å². The third-order valence-electron chi connectivity index (χ3n) is 3.88. The number of carbonyl (C=O) groups is 3. The van der Waals surface area contributed by atoms with Gasteiger partial charge in [0.05, 0.1) is 0 Å². The third-order valence-corrected chi connectivity index (χ3v) is 3.88. The molecule has 2 amide bonds. The zero-order valence-electron chi connectivity index (χ0n) is 14.9. The lowest BCUT2D eigenvalue weighted by atomic mass is 9.91. The number of aliphatic carboxylic acids is 1. The van der Waals surface area contributed by atoms with Crippen LogP contribution in [0.4, 0.5) is 0 Å². The first-order valence-electron chi connectivity index (χ1n) is 8.34. The van der Waals surface area contributed by atoms with Gasteiger partial charge in [0.15, 0.2) is 0 Å². The summed E-state index contributed by atoms with van der Waals surface area (Å²) in [5.41, 5.74) is -0.137. The molecule has 0 aromatic heterocycles. The summed E-state index contributed by atoms with van der Waals surface area (Å²) in [6, 6.07) is -1.44. The molecule has 1 heterocycles. The Labute approximate surface area is 138 Å². The normalized spacial score (nSPS) is 19.7. The lowest BCUT2D eigenvalue weighted by Crippen LogP contribution is -2.51. The van der Waals surface area contributed by atoms with Crippen molar-refractivity contribution in [3.63, 3.8) is 0 Å². The van der Waals surface area contributed by atoms with Crippen LogP contribution < -0.4 is 5.32 Å². The number of carbonyl (C=O) groups excluding carboxylic acids is 2. The van der Waals surface area contributed by atoms with Crippen molar-refractivity contribution in [3.8, 4) is 0 Å². The Balaban J connectivity index is 2.73. The molecular weight excluding hydrogens is 296 g/mol. The van der Waals surface area contributed by atoms with E-state index in [4.69, 9.17) is 0 Å². The number of rotatable bonds is 6. The van der Waals surface area contributed by atoms with Gasteiger partial charge in [0.25, 0.3) is 0 Å². The summed E-state index contributed by atoms with van der Waals surface area (Å²) >= 11 is 0. The number of hydrogen-bond donors (Lipinski definition) is 2. The predicted molar refractivity (Wildman–Crippen MR) is 87.8 cm³/mol. The van der Waals surface area contributed by atoms with E-state index >= 15 is 0 Å². The van der Waals surface area contributed by atoms with Gasteiger partial charge in [-0.15, -0.1) is 0 Å². The van der Waals surface area contributed by atoms with Gasteiger partial charge in [-0.25, -0.2) is 4.79 Å². The van der Waals surface area contributed by atoms with Gasteiger partial charge in [0.1, 0.15) is 12.1 Å². The Bertz CT molecular complexity index is 454. The van der Waals surface area contributed by atoms with E-state index in [-0.39, 0.29) is 23.1 Å². The van der Waals surface area contributed by atoms with Crippen molar-refractivity contribution >= 4 is 17.8 Å². The summed E-state index contributed by atoms with van der Waals surface area (Å²) < 4.78 is 0. The highest BCUT2D eigenvalue weighted by Crippen LogP contribution is 2.25. The molecule has 1 aliphatic heterocycles. The molecule has 1 unspecified atom stereocenters. The smallest absolute Gasteiger partial charge is 0.326 e. The first-order chi connectivity index (χ1) is 10.5. The Morgan fingerprint density at radius 3 is 2.35 bits per heavy atom. The molecule has 0 aromatic rings. The number of hydrogen-bond acceptors (Lipinski definition) is 3. The first-order valence-corrected chi connectivity index (χ1v) is 8.34. The number of nitrogens with one attached hydrogen (secondary N) is 1. The predicted octanol–water partition coefficient (Wildman–Crippen LogP) is 2.03. The number of carboxylic acids is 1. The fourth-order valence-corrected chi connectivity index (χ4v) is 2.85. The molecule has 0 bridgehead atoms. The maximum absolute atomic E-state index is 12.5. The van der Waals surface area contributed by atoms with Gasteiger partial charge in [0.2, 0.25) is 11.8 Å². The van der Waals surface area contributed by atoms with E-state index in [2.05, 4.69) is 5.32 Å². The zero-order chi connectivity index (χ0) is 17.8. The van der Waals surface area contributed by atoms with E-state index < -0.39 is 18.1 Å². The van der Waals surface area contributed by atoms with Crippen LogP contribution in [0.3, 0.4) is 0 Å². The number of nitrogens with zero attached hydrogens (tertiary/aromatic N) is 1. The highest BCUT2D eigenvalue weighted by Gasteiger charge is 2.36. The molecule has 0 aliphatic carbocycles. The summed E-state index contributed by atoms with van der Waals surface area (Å²) in [5.74, 6) is -1.25. The third kappa shape index (κ3) is 6.20. The molecule has 0 radical (unpaired) electrons. The van der Waals surface area contributed by atoms with Gasteiger partial charge in [-0.3, -0.25) is 9.59 Å². The van der Waals surface area contributed by atoms with Crippen LogP contribution in [0.2, 0.25) is 0 Å². The van der Waals surface area contributed by atoms with Crippen LogP contribution in [0.25, 0.3) is 0 Å². The lowest BCUT2D eigenvalue weighted by Gasteiger charge is -2.28. The molecule has 2 N–H and O–H groups in total. The van der Waals surface area contributed by atoms with Gasteiger partial charge < -0.3 is 15.3 Å². The van der Waals surface area contributed by atoms with Crippen LogP contribution in [0, 0.1) is 11.3 Å². The van der Waals surface area contributed by atoms with Crippen molar-refractivity contribution in [2.45, 2.75) is 72.4 Å². The molecule has 1 aliphatic rings. The summed E-state index contributed by atoms with van der Waals surface area (Å²) in [4.78, 5) is 37.8. The van der Waals surface area contributed by atoms with Gasteiger partial charge in [-0.1, -0.05) is 34.6 Å². The molecule has 2 atom stereocenters. The summed E-state index contributed by atoms with van der Waals surface area (Å²) in [6.07, 6.45) is 2.13. The summed E-state index contributed by atoms with van der Waals surface area (Å²) in [7, 11) is 0. The Morgan fingerprint density at radius 2 is 1.87 bits per heavy atom. The molecule has 0 spiro atoms. The fraction of sp³-hybridized carbons (Fsp3) is 0.824. The van der Waals surface area contributed by atoms with Crippen LogP contribution in [-0.4, -0.2) is 46.4 Å². The molecule has 132 valence electrons. The van der Waals surface area contributed by atoms with E-state index in [1.165, 1.54) is 0 Å². The molecule has 0 saturated carbocycles. The quantitative estimate of drug-likeness (QED) is 0.782. The molecule has 1 saturated heterocycles. The first kappa shape index (κ1) is 19.5. The van der Waals surface area contributed by atoms with Crippen molar-refractivity contribution < 1.29 is 19.5 Å². The topological polar surface area (TPSA) is 86.7 Å². The van der Waals surface area contributed by atoms with Crippen molar-refractivity contribution in [2.24, 2.45) is 11.3 Å². The lowest BCUT2D eigenvalue weighted by molar-refractivity contribution is -0.144. The second-order valence-electron chi connectivity index (χ2n) is 8.01. The second kappa shape index (κ2) is 7.79. The van der Waals surface area contributed by atoms with Crippen LogP contribution in [0.5, 0.6) is 0 Å². The van der Waals surface area contributed by atoms with Crippen molar-refractivity contribution in [1.82, 2.24) is 10.2 Å². The maximum atomic E-state index is 12.5.